The van der Waals surface area contributed by atoms with E-state index in [0.29, 0.717) is 0 Å². The minimum absolute atomic E-state index is 0. The van der Waals surface area contributed by atoms with E-state index in [0.717, 1.165) is 32.0 Å². The fourth-order valence-electron chi connectivity index (χ4n) is 2.91. The lowest BCUT2D eigenvalue weighted by Gasteiger charge is -2.06. The summed E-state index contributed by atoms with van der Waals surface area (Å²) in [5, 5.41) is 10.2. The van der Waals surface area contributed by atoms with Gasteiger partial charge in [-0.3, -0.25) is 4.79 Å². The molecule has 3 rings (SSSR count). The highest BCUT2D eigenvalue weighted by atomic mass is 32.2. The topological polar surface area (TPSA) is 111 Å². The first kappa shape index (κ1) is 21.0. The molecule has 4 N–H and O–H groups in total. The van der Waals surface area contributed by atoms with Crippen LogP contribution < -0.4 is 6.15 Å². The quantitative estimate of drug-likeness (QED) is 0.661. The average Bonchev–Trinajstić information content (AvgIpc) is 2.79. The van der Waals surface area contributed by atoms with Crippen molar-refractivity contribution in [3.05, 3.63) is 53.7 Å². The summed E-state index contributed by atoms with van der Waals surface area (Å²) in [6.07, 6.45) is 1.18. The van der Waals surface area contributed by atoms with Crippen molar-refractivity contribution in [3.63, 3.8) is 0 Å². The number of fused-ring (bicyclic) bond motifs is 1. The molecular weight excluding hydrogens is 384 g/mol. The summed E-state index contributed by atoms with van der Waals surface area (Å²) < 4.78 is 25.0. The van der Waals surface area contributed by atoms with Crippen molar-refractivity contribution in [2.24, 2.45) is 0 Å². The maximum absolute atomic E-state index is 11.6. The van der Waals surface area contributed by atoms with Crippen LogP contribution in [0.15, 0.2) is 57.2 Å². The molecule has 0 saturated heterocycles. The largest absolute Gasteiger partial charge is 0.480 e. The maximum atomic E-state index is 11.6. The minimum Gasteiger partial charge on any atom is -0.480 e. The van der Waals surface area contributed by atoms with Crippen LogP contribution in [0.2, 0.25) is 0 Å². The van der Waals surface area contributed by atoms with Crippen molar-refractivity contribution >= 4 is 38.5 Å². The highest BCUT2D eigenvalue weighted by molar-refractivity contribution is 7.99. The number of aliphatic carboxylic acids is 1. The Morgan fingerprint density at radius 2 is 1.74 bits per heavy atom. The van der Waals surface area contributed by atoms with Gasteiger partial charge in [-0.15, -0.1) is 0 Å². The van der Waals surface area contributed by atoms with E-state index < -0.39 is 15.8 Å². The number of hydrogen-bond donors (Lipinski definition) is 2. The Bertz CT molecular complexity index is 1100. The molecule has 0 aliphatic heterocycles. The summed E-state index contributed by atoms with van der Waals surface area (Å²) in [5.74, 6) is -0.889. The molecule has 1 heterocycles. The van der Waals surface area contributed by atoms with Crippen LogP contribution in [0.3, 0.4) is 0 Å². The van der Waals surface area contributed by atoms with Gasteiger partial charge in [0.1, 0.15) is 6.54 Å². The number of aromatic nitrogens is 1. The molecule has 0 spiro atoms. The molecule has 0 amide bonds. The SMILES string of the molecule is Cc1ccc2c(c1)c(Sc1ccc(S(C)(=O)=O)cc1)c(C)n2CC(=O)O.N. The zero-order valence-electron chi connectivity index (χ0n) is 15.4. The van der Waals surface area contributed by atoms with Gasteiger partial charge in [0.15, 0.2) is 9.84 Å². The Morgan fingerprint density at radius 1 is 1.11 bits per heavy atom. The summed E-state index contributed by atoms with van der Waals surface area (Å²) in [6.45, 7) is 3.81. The smallest absolute Gasteiger partial charge is 0.323 e. The summed E-state index contributed by atoms with van der Waals surface area (Å²) in [4.78, 5) is 13.4. The lowest BCUT2D eigenvalue weighted by molar-refractivity contribution is -0.137. The first-order valence-corrected chi connectivity index (χ1v) is 10.7. The number of hydrogen-bond acceptors (Lipinski definition) is 5. The zero-order chi connectivity index (χ0) is 19.1. The number of nitrogens with zero attached hydrogens (tertiary/aromatic N) is 1. The average molecular weight is 407 g/mol. The lowest BCUT2D eigenvalue weighted by atomic mass is 10.2. The lowest BCUT2D eigenvalue weighted by Crippen LogP contribution is -2.09. The van der Waals surface area contributed by atoms with Gasteiger partial charge in [0.25, 0.3) is 0 Å². The Morgan fingerprint density at radius 3 is 2.30 bits per heavy atom. The van der Waals surface area contributed by atoms with Gasteiger partial charge in [-0.1, -0.05) is 23.4 Å². The summed E-state index contributed by atoms with van der Waals surface area (Å²) in [5.41, 5.74) is 2.86. The molecule has 0 atom stereocenters. The molecule has 8 heteroatoms. The maximum Gasteiger partial charge on any atom is 0.323 e. The Balaban J connectivity index is 0.00000261. The van der Waals surface area contributed by atoms with Crippen LogP contribution in [-0.4, -0.2) is 30.3 Å². The molecule has 0 aliphatic carbocycles. The number of benzene rings is 2. The first-order valence-electron chi connectivity index (χ1n) is 7.96. The van der Waals surface area contributed by atoms with Crippen LogP contribution in [0.4, 0.5) is 0 Å². The van der Waals surface area contributed by atoms with Crippen molar-refractivity contribution in [1.82, 2.24) is 10.7 Å². The number of rotatable bonds is 5. The molecule has 2 aromatic carbocycles. The van der Waals surface area contributed by atoms with Crippen LogP contribution in [0.1, 0.15) is 11.3 Å². The molecule has 0 unspecified atom stereocenters. The van der Waals surface area contributed by atoms with E-state index in [2.05, 4.69) is 0 Å². The fraction of sp³-hybridized carbons (Fsp3) is 0.211. The van der Waals surface area contributed by atoms with E-state index >= 15 is 0 Å². The Labute approximate surface area is 162 Å². The molecule has 6 nitrogen and oxygen atoms in total. The highest BCUT2D eigenvalue weighted by Crippen LogP contribution is 2.38. The van der Waals surface area contributed by atoms with Crippen LogP contribution in [-0.2, 0) is 21.2 Å². The fourth-order valence-corrected chi connectivity index (χ4v) is 4.58. The second-order valence-corrected chi connectivity index (χ2v) is 9.36. The molecule has 0 bridgehead atoms. The van der Waals surface area contributed by atoms with Crippen LogP contribution in [0, 0.1) is 13.8 Å². The van der Waals surface area contributed by atoms with Crippen LogP contribution in [0.5, 0.6) is 0 Å². The monoisotopic (exact) mass is 406 g/mol. The highest BCUT2D eigenvalue weighted by Gasteiger charge is 2.17. The number of carbonyl (C=O) groups is 1. The predicted molar refractivity (Wildman–Crippen MR) is 108 cm³/mol. The van der Waals surface area contributed by atoms with E-state index in [1.807, 2.05) is 32.0 Å². The summed E-state index contributed by atoms with van der Waals surface area (Å²) >= 11 is 1.51. The first-order chi connectivity index (χ1) is 12.2. The predicted octanol–water partition coefficient (Wildman–Crippen LogP) is 4.06. The number of aryl methyl sites for hydroxylation is 1. The second-order valence-electron chi connectivity index (χ2n) is 6.26. The standard InChI is InChI=1S/C19H19NO4S2.H3N/c1-12-4-9-17-16(10-12)19(13(2)20(17)11-18(21)22)25-14-5-7-15(8-6-14)26(3,23)24;/h4-10H,11H2,1-3H3,(H,21,22);1H3. The summed E-state index contributed by atoms with van der Waals surface area (Å²) in [6, 6.07) is 12.7. The van der Waals surface area contributed by atoms with Gasteiger partial charge in [0, 0.05) is 32.6 Å². The van der Waals surface area contributed by atoms with E-state index in [1.54, 1.807) is 28.8 Å². The number of carboxylic acids is 1. The molecule has 144 valence electrons. The molecular formula is C19H22N2O4S2. The second kappa shape index (κ2) is 7.75. The number of sulfone groups is 1. The molecule has 1 aromatic heterocycles. The third-order valence-corrected chi connectivity index (χ3v) is 6.54. The van der Waals surface area contributed by atoms with Crippen molar-refractivity contribution < 1.29 is 18.3 Å². The Kier molecular flexibility index (Phi) is 6.04. The molecule has 0 fully saturated rings. The number of carboxylic acid groups (broad SMARTS) is 1. The molecule has 0 radical (unpaired) electrons. The summed E-state index contributed by atoms with van der Waals surface area (Å²) in [7, 11) is -3.23. The van der Waals surface area contributed by atoms with Crippen LogP contribution in [0.25, 0.3) is 10.9 Å². The van der Waals surface area contributed by atoms with Gasteiger partial charge >= 0.3 is 5.97 Å². The van der Waals surface area contributed by atoms with Gasteiger partial charge < -0.3 is 15.8 Å². The molecule has 0 aliphatic rings. The van der Waals surface area contributed by atoms with E-state index in [9.17, 15) is 18.3 Å². The van der Waals surface area contributed by atoms with Crippen molar-refractivity contribution in [2.45, 2.75) is 35.1 Å². The van der Waals surface area contributed by atoms with Gasteiger partial charge in [-0.05, 0) is 50.2 Å². The normalized spacial score (nSPS) is 11.4. The van der Waals surface area contributed by atoms with Crippen molar-refractivity contribution in [2.75, 3.05) is 6.26 Å². The van der Waals surface area contributed by atoms with Gasteiger partial charge in [0.2, 0.25) is 0 Å². The van der Waals surface area contributed by atoms with Crippen LogP contribution >= 0.6 is 11.8 Å². The van der Waals surface area contributed by atoms with E-state index in [-0.39, 0.29) is 17.6 Å². The van der Waals surface area contributed by atoms with E-state index in [4.69, 9.17) is 0 Å². The third kappa shape index (κ3) is 4.35. The molecule has 0 saturated carbocycles. The third-order valence-electron chi connectivity index (χ3n) is 4.19. The Hall–Kier alpha value is -2.29. The van der Waals surface area contributed by atoms with E-state index in [1.165, 1.54) is 18.0 Å². The van der Waals surface area contributed by atoms with Crippen molar-refractivity contribution in [3.8, 4) is 0 Å². The van der Waals surface area contributed by atoms with Gasteiger partial charge in [0.05, 0.1) is 4.90 Å². The van der Waals surface area contributed by atoms with Gasteiger partial charge in [-0.2, -0.15) is 0 Å². The van der Waals surface area contributed by atoms with Crippen molar-refractivity contribution in [1.29, 1.82) is 0 Å². The zero-order valence-corrected chi connectivity index (χ0v) is 17.0. The molecule has 27 heavy (non-hydrogen) atoms. The molecule has 3 aromatic rings. The minimum atomic E-state index is -3.23. The van der Waals surface area contributed by atoms with Gasteiger partial charge in [-0.25, -0.2) is 8.42 Å².